The third-order valence-electron chi connectivity index (χ3n) is 5.26. The zero-order valence-electron chi connectivity index (χ0n) is 18.7. The molecule has 0 bridgehead atoms. The number of likely N-dealkylation sites (tertiary alicyclic amines) is 1. The number of benzene rings is 2. The predicted octanol–water partition coefficient (Wildman–Crippen LogP) is 4.59. The van der Waals surface area contributed by atoms with Crippen molar-refractivity contribution in [3.63, 3.8) is 0 Å². The number of hydrogen-bond donors (Lipinski definition) is 1. The van der Waals surface area contributed by atoms with Crippen molar-refractivity contribution in [2.75, 3.05) is 41.5 Å². The molecule has 168 valence electrons. The second-order valence-electron chi connectivity index (χ2n) is 7.13. The third-order valence-corrected chi connectivity index (χ3v) is 5.26. The van der Waals surface area contributed by atoms with Crippen LogP contribution in [0.15, 0.2) is 53.0 Å². The number of nitrogens with one attached hydrogen (secondary N) is 1. The van der Waals surface area contributed by atoms with Gasteiger partial charge in [0, 0.05) is 26.7 Å². The Morgan fingerprint density at radius 3 is 2.13 bits per heavy atom. The lowest BCUT2D eigenvalue weighted by Gasteiger charge is -2.31. The summed E-state index contributed by atoms with van der Waals surface area (Å²) in [6.45, 7) is 2.52. The molecule has 0 atom stereocenters. The van der Waals surface area contributed by atoms with Gasteiger partial charge in [-0.1, -0.05) is 42.0 Å². The zero-order valence-corrected chi connectivity index (χ0v) is 21.0. The number of hydrogen-bond acceptors (Lipinski definition) is 4. The van der Waals surface area contributed by atoms with E-state index in [0.717, 1.165) is 37.5 Å². The second kappa shape index (κ2) is 12.4. The minimum Gasteiger partial charge on any atom is -0.493 e. The predicted molar refractivity (Wildman–Crippen MR) is 137 cm³/mol. The van der Waals surface area contributed by atoms with E-state index in [9.17, 15) is 0 Å². The number of aliphatic imine (C=N–C) groups is 1. The van der Waals surface area contributed by atoms with E-state index in [2.05, 4.69) is 45.6 Å². The van der Waals surface area contributed by atoms with Crippen molar-refractivity contribution < 1.29 is 14.2 Å². The van der Waals surface area contributed by atoms with Gasteiger partial charge < -0.3 is 24.4 Å². The average Bonchev–Trinajstić information content (AvgIpc) is 2.80. The fraction of sp³-hybridized carbons (Fsp3) is 0.375. The molecule has 0 unspecified atom stereocenters. The molecular weight excluding hydrogens is 505 g/mol. The van der Waals surface area contributed by atoms with Crippen LogP contribution in [0.3, 0.4) is 0 Å². The number of rotatable bonds is 6. The van der Waals surface area contributed by atoms with Crippen molar-refractivity contribution in [1.29, 1.82) is 0 Å². The van der Waals surface area contributed by atoms with Gasteiger partial charge in [-0.05, 0) is 36.1 Å². The van der Waals surface area contributed by atoms with Crippen molar-refractivity contribution in [3.8, 4) is 17.2 Å². The highest BCUT2D eigenvalue weighted by atomic mass is 127. The first kappa shape index (κ1) is 24.8. The number of halogens is 1. The molecule has 1 N–H and O–H groups in total. The first-order valence-corrected chi connectivity index (χ1v) is 10.2. The number of ether oxygens (including phenoxy) is 3. The minimum absolute atomic E-state index is 0. The first-order chi connectivity index (χ1) is 14.7. The number of guanidine groups is 1. The van der Waals surface area contributed by atoms with Gasteiger partial charge in [-0.2, -0.15) is 0 Å². The molecular formula is C24H32IN3O3. The Hall–Kier alpha value is -2.42. The summed E-state index contributed by atoms with van der Waals surface area (Å²) in [5, 5.41) is 3.46. The standard InChI is InChI=1S/C24H31N3O3.HI/c1-25-24(26-17-20-15-21(28-2)23(30-4)22(16-20)29-3)27-12-10-19(11-13-27)14-18-8-6-5-7-9-18;/h5-9,14-16H,10-13,17H2,1-4H3,(H,25,26);1H. The van der Waals surface area contributed by atoms with Crippen molar-refractivity contribution in [2.24, 2.45) is 4.99 Å². The molecule has 0 amide bonds. The summed E-state index contributed by atoms with van der Waals surface area (Å²) in [5.74, 6) is 2.80. The Morgan fingerprint density at radius 1 is 1.00 bits per heavy atom. The van der Waals surface area contributed by atoms with Crippen LogP contribution in [0.1, 0.15) is 24.0 Å². The van der Waals surface area contributed by atoms with E-state index in [0.29, 0.717) is 23.8 Å². The van der Waals surface area contributed by atoms with Gasteiger partial charge >= 0.3 is 0 Å². The largest absolute Gasteiger partial charge is 0.493 e. The number of piperidine rings is 1. The summed E-state index contributed by atoms with van der Waals surface area (Å²) >= 11 is 0. The first-order valence-electron chi connectivity index (χ1n) is 10.2. The highest BCUT2D eigenvalue weighted by Gasteiger charge is 2.18. The molecule has 0 spiro atoms. The maximum absolute atomic E-state index is 5.45. The molecule has 2 aromatic rings. The van der Waals surface area contributed by atoms with Crippen LogP contribution in [-0.4, -0.2) is 52.3 Å². The van der Waals surface area contributed by atoms with Gasteiger partial charge in [0.25, 0.3) is 0 Å². The van der Waals surface area contributed by atoms with Gasteiger partial charge in [0.05, 0.1) is 21.3 Å². The fourth-order valence-electron chi connectivity index (χ4n) is 3.69. The summed E-state index contributed by atoms with van der Waals surface area (Å²) in [6, 6.07) is 14.4. The van der Waals surface area contributed by atoms with Crippen LogP contribution in [0.4, 0.5) is 0 Å². The SMILES string of the molecule is CN=C(NCc1cc(OC)c(OC)c(OC)c1)N1CCC(=Cc2ccccc2)CC1.I. The monoisotopic (exact) mass is 537 g/mol. The average molecular weight is 537 g/mol. The molecule has 1 heterocycles. The minimum atomic E-state index is 0. The van der Waals surface area contributed by atoms with E-state index in [1.807, 2.05) is 25.2 Å². The van der Waals surface area contributed by atoms with Crippen LogP contribution in [0.25, 0.3) is 6.08 Å². The van der Waals surface area contributed by atoms with Crippen LogP contribution in [-0.2, 0) is 6.54 Å². The topological polar surface area (TPSA) is 55.3 Å². The molecule has 0 radical (unpaired) electrons. The van der Waals surface area contributed by atoms with Crippen LogP contribution in [0, 0.1) is 0 Å². The van der Waals surface area contributed by atoms with E-state index in [4.69, 9.17) is 14.2 Å². The highest BCUT2D eigenvalue weighted by Crippen LogP contribution is 2.38. The molecule has 3 rings (SSSR count). The van der Waals surface area contributed by atoms with E-state index >= 15 is 0 Å². The molecule has 6 nitrogen and oxygen atoms in total. The normalized spacial score (nSPS) is 13.9. The van der Waals surface area contributed by atoms with Gasteiger partial charge in [-0.3, -0.25) is 4.99 Å². The molecule has 0 aliphatic carbocycles. The van der Waals surface area contributed by atoms with E-state index < -0.39 is 0 Å². The van der Waals surface area contributed by atoms with Gasteiger partial charge in [-0.15, -0.1) is 24.0 Å². The van der Waals surface area contributed by atoms with E-state index in [1.165, 1.54) is 11.1 Å². The van der Waals surface area contributed by atoms with Crippen LogP contribution in [0.2, 0.25) is 0 Å². The van der Waals surface area contributed by atoms with Crippen LogP contribution >= 0.6 is 24.0 Å². The van der Waals surface area contributed by atoms with Crippen molar-refractivity contribution in [1.82, 2.24) is 10.2 Å². The third kappa shape index (κ3) is 6.53. The van der Waals surface area contributed by atoms with E-state index in [-0.39, 0.29) is 24.0 Å². The molecule has 2 aromatic carbocycles. The molecule has 0 saturated carbocycles. The van der Waals surface area contributed by atoms with Crippen LogP contribution in [0.5, 0.6) is 17.2 Å². The van der Waals surface area contributed by atoms with Gasteiger partial charge in [0.2, 0.25) is 5.75 Å². The summed E-state index contributed by atoms with van der Waals surface area (Å²) in [7, 11) is 6.69. The second-order valence-corrected chi connectivity index (χ2v) is 7.13. The van der Waals surface area contributed by atoms with Crippen molar-refractivity contribution >= 4 is 36.0 Å². The number of methoxy groups -OCH3 is 3. The lowest BCUT2D eigenvalue weighted by Crippen LogP contribution is -2.44. The number of nitrogens with zero attached hydrogens (tertiary/aromatic N) is 2. The lowest BCUT2D eigenvalue weighted by molar-refractivity contribution is 0.323. The molecule has 7 heteroatoms. The molecule has 1 saturated heterocycles. The van der Waals surface area contributed by atoms with Crippen LogP contribution < -0.4 is 19.5 Å². The smallest absolute Gasteiger partial charge is 0.203 e. The van der Waals surface area contributed by atoms with Gasteiger partial charge in [-0.25, -0.2) is 0 Å². The summed E-state index contributed by atoms with van der Waals surface area (Å²) in [6.07, 6.45) is 4.39. The Labute approximate surface area is 202 Å². The Morgan fingerprint density at radius 2 is 1.61 bits per heavy atom. The maximum Gasteiger partial charge on any atom is 0.203 e. The summed E-state index contributed by atoms with van der Waals surface area (Å²) in [5.41, 5.74) is 3.79. The molecule has 1 aliphatic heterocycles. The van der Waals surface area contributed by atoms with Crippen molar-refractivity contribution in [3.05, 3.63) is 59.2 Å². The molecule has 1 fully saturated rings. The quantitative estimate of drug-likeness (QED) is 0.332. The Bertz CT molecular complexity index is 865. The lowest BCUT2D eigenvalue weighted by atomic mass is 10.0. The molecule has 31 heavy (non-hydrogen) atoms. The van der Waals surface area contributed by atoms with Crippen molar-refractivity contribution in [2.45, 2.75) is 19.4 Å². The summed E-state index contributed by atoms with van der Waals surface area (Å²) < 4.78 is 16.3. The van der Waals surface area contributed by atoms with Gasteiger partial charge in [0.1, 0.15) is 0 Å². The Balaban J connectivity index is 0.00000341. The molecule has 1 aliphatic rings. The summed E-state index contributed by atoms with van der Waals surface area (Å²) in [4.78, 5) is 6.79. The highest BCUT2D eigenvalue weighted by molar-refractivity contribution is 14.0. The van der Waals surface area contributed by atoms with E-state index in [1.54, 1.807) is 21.3 Å². The fourth-order valence-corrected chi connectivity index (χ4v) is 3.69. The maximum atomic E-state index is 5.45. The van der Waals surface area contributed by atoms with Gasteiger partial charge in [0.15, 0.2) is 17.5 Å². The molecule has 0 aromatic heterocycles. The Kier molecular flexibility index (Phi) is 9.97. The zero-order chi connectivity index (χ0) is 21.3.